The average Bonchev–Trinajstić information content (AvgIpc) is 4.31. The zero-order chi connectivity index (χ0) is 59.4. The van der Waals surface area contributed by atoms with Crippen LogP contribution in [0.15, 0.2) is 164 Å². The standard InChI is InChI=1S/C67H60Cl2N8O8/c1-40-46(38-84-64-24-62(82-36-44-18-42(26-70)28-72-30-44)50(20-56(64)68)34-76-60(66(78)79)22-48-32-74-58-16-6-4-12-54(48)58)10-8-14-52(40)53-15-9-11-47(41(53)2)39-85-65-25-63(83-37-45-19-43(27-71-3)29-73-31-45)51(21-57(65)69)35-77-61(67(80)81)23-49-33-75-59-17-7-5-13-55(49)59/h4-21,24-25,27-33,60-61,74-77H,22-23,34-39H2,1-3H3,(H,78,79)(H,80,81)/b71-27+/t60-,61-/m0/s1. The van der Waals surface area contributed by atoms with Gasteiger partial charge in [-0.1, -0.05) is 96.0 Å². The molecule has 0 bridgehead atoms. The van der Waals surface area contributed by atoms with Crippen molar-refractivity contribution in [3.05, 3.63) is 235 Å². The highest BCUT2D eigenvalue weighted by Gasteiger charge is 2.24. The summed E-state index contributed by atoms with van der Waals surface area (Å²) >= 11 is 14.0. The molecule has 18 heteroatoms. The van der Waals surface area contributed by atoms with Crippen LogP contribution in [0.4, 0.5) is 0 Å². The number of carboxylic acids is 2. The number of rotatable bonds is 26. The molecule has 0 radical (unpaired) electrons. The van der Waals surface area contributed by atoms with Gasteiger partial charge in [-0.15, -0.1) is 0 Å². The fraction of sp³-hybridized carbons (Fsp3) is 0.194. The molecule has 0 saturated heterocycles. The van der Waals surface area contributed by atoms with Gasteiger partial charge in [0.05, 0.1) is 15.6 Å². The topological polar surface area (TPSA) is 229 Å². The molecule has 10 aromatic rings. The van der Waals surface area contributed by atoms with Crippen molar-refractivity contribution in [2.45, 2.75) is 78.3 Å². The Bertz CT molecular complexity index is 4140. The third kappa shape index (κ3) is 14.3. The molecule has 10 rings (SSSR count). The molecule has 0 spiro atoms. The second-order valence-corrected chi connectivity index (χ2v) is 21.3. The van der Waals surface area contributed by atoms with Gasteiger partial charge >= 0.3 is 11.9 Å². The van der Waals surface area contributed by atoms with Gasteiger partial charge in [0.2, 0.25) is 0 Å². The van der Waals surface area contributed by atoms with Gasteiger partial charge in [-0.05, 0) is 94.8 Å². The predicted molar refractivity (Wildman–Crippen MR) is 329 cm³/mol. The fourth-order valence-electron chi connectivity index (χ4n) is 10.2. The van der Waals surface area contributed by atoms with E-state index in [-0.39, 0.29) is 52.4 Å². The summed E-state index contributed by atoms with van der Waals surface area (Å²) < 4.78 is 25.8. The third-order valence-electron chi connectivity index (χ3n) is 14.9. The molecule has 0 aliphatic carbocycles. The van der Waals surface area contributed by atoms with Crippen molar-refractivity contribution < 1.29 is 38.7 Å². The molecule has 0 amide bonds. The lowest BCUT2D eigenvalue weighted by molar-refractivity contribution is -0.140. The van der Waals surface area contributed by atoms with Gasteiger partial charge < -0.3 is 39.1 Å². The lowest BCUT2D eigenvalue weighted by atomic mass is 9.92. The average molecular weight is 1180 g/mol. The maximum Gasteiger partial charge on any atom is 0.321 e. The summed E-state index contributed by atoms with van der Waals surface area (Å²) in [6.45, 7) is 4.89. The largest absolute Gasteiger partial charge is 0.488 e. The van der Waals surface area contributed by atoms with E-state index in [0.717, 1.165) is 77.4 Å². The zero-order valence-corrected chi connectivity index (χ0v) is 48.3. The Morgan fingerprint density at radius 2 is 1.06 bits per heavy atom. The number of ether oxygens (including phenoxy) is 4. The number of aliphatic imine (C=N–C) groups is 1. The summed E-state index contributed by atoms with van der Waals surface area (Å²) in [6.07, 6.45) is 12.4. The number of pyridine rings is 2. The molecule has 0 aliphatic rings. The summed E-state index contributed by atoms with van der Waals surface area (Å²) in [6, 6.07) is 38.4. The van der Waals surface area contributed by atoms with Crippen LogP contribution >= 0.6 is 23.2 Å². The Morgan fingerprint density at radius 1 is 0.588 bits per heavy atom. The van der Waals surface area contributed by atoms with Crippen LogP contribution < -0.4 is 29.6 Å². The summed E-state index contributed by atoms with van der Waals surface area (Å²) in [5.41, 5.74) is 13.3. The van der Waals surface area contributed by atoms with E-state index in [1.54, 1.807) is 62.2 Å². The number of fused-ring (bicyclic) bond motifs is 2. The van der Waals surface area contributed by atoms with Crippen LogP contribution in [0.5, 0.6) is 23.0 Å². The van der Waals surface area contributed by atoms with Gasteiger partial charge in [-0.25, -0.2) is 0 Å². The smallest absolute Gasteiger partial charge is 0.321 e. The molecule has 6 N–H and O–H groups in total. The SMILES string of the molecule is C/N=C/c1cncc(COc2cc(OCc3cccc(-c4cccc(COc5cc(OCc6cncc(C#N)c6)c(CN[C@@H](Cc6c[nH]c7ccccc67)C(=O)O)cc5Cl)c4C)c3C)c(Cl)cc2CN[C@@H](Cc2c[nH]c3ccccc23)C(=O)O)c1. The van der Waals surface area contributed by atoms with Crippen LogP contribution in [0, 0.1) is 25.2 Å². The normalized spacial score (nSPS) is 12.1. The summed E-state index contributed by atoms with van der Waals surface area (Å²) in [5.74, 6) is -0.398. The first-order valence-electron chi connectivity index (χ1n) is 27.4. The van der Waals surface area contributed by atoms with Crippen LogP contribution in [0.1, 0.15) is 66.8 Å². The van der Waals surface area contributed by atoms with Crippen molar-refractivity contribution in [3.63, 3.8) is 0 Å². The van der Waals surface area contributed by atoms with Gasteiger partial charge in [0, 0.05) is 138 Å². The summed E-state index contributed by atoms with van der Waals surface area (Å²) in [5, 5.41) is 39.2. The first-order valence-corrected chi connectivity index (χ1v) is 28.1. The van der Waals surface area contributed by atoms with Crippen LogP contribution in [0.2, 0.25) is 10.0 Å². The number of aromatic amines is 2. The Hall–Kier alpha value is -9.50. The molecule has 0 unspecified atom stereocenters. The highest BCUT2D eigenvalue weighted by atomic mass is 35.5. The minimum absolute atomic E-state index is 0.0689. The number of aliphatic carboxylic acids is 2. The number of hydrogen-bond donors (Lipinski definition) is 6. The van der Waals surface area contributed by atoms with Crippen LogP contribution in [0.25, 0.3) is 32.9 Å². The Balaban J connectivity index is 0.855. The molecule has 4 heterocycles. The number of carboxylic acid groups (broad SMARTS) is 2. The second-order valence-electron chi connectivity index (χ2n) is 20.5. The summed E-state index contributed by atoms with van der Waals surface area (Å²) in [7, 11) is 1.69. The summed E-state index contributed by atoms with van der Waals surface area (Å²) in [4.78, 5) is 44.4. The number of aromatic nitrogens is 4. The molecule has 85 heavy (non-hydrogen) atoms. The van der Waals surface area contributed by atoms with Crippen molar-refractivity contribution in [2.24, 2.45) is 4.99 Å². The van der Waals surface area contributed by atoms with Crippen molar-refractivity contribution >= 4 is 63.2 Å². The van der Waals surface area contributed by atoms with Gasteiger partial charge in [0.1, 0.15) is 67.6 Å². The minimum atomic E-state index is -1.01. The van der Waals surface area contributed by atoms with Crippen molar-refractivity contribution in [1.82, 2.24) is 30.6 Å². The van der Waals surface area contributed by atoms with E-state index in [1.165, 1.54) is 6.20 Å². The van der Waals surface area contributed by atoms with Crippen LogP contribution in [0.3, 0.4) is 0 Å². The first kappa shape index (κ1) is 58.7. The molecule has 0 saturated carbocycles. The van der Waals surface area contributed by atoms with E-state index in [4.69, 9.17) is 42.1 Å². The number of benzene rings is 6. The second kappa shape index (κ2) is 27.3. The quantitative estimate of drug-likeness (QED) is 0.0278. The van der Waals surface area contributed by atoms with E-state index in [2.05, 4.69) is 53.8 Å². The van der Waals surface area contributed by atoms with E-state index in [9.17, 15) is 25.1 Å². The maximum atomic E-state index is 12.7. The number of halogens is 2. The number of para-hydroxylation sites is 2. The fourth-order valence-corrected chi connectivity index (χ4v) is 10.7. The van der Waals surface area contributed by atoms with Crippen molar-refractivity contribution in [2.75, 3.05) is 7.05 Å². The van der Waals surface area contributed by atoms with E-state index in [0.29, 0.717) is 55.3 Å². The predicted octanol–water partition coefficient (Wildman–Crippen LogP) is 12.8. The van der Waals surface area contributed by atoms with E-state index >= 15 is 0 Å². The minimum Gasteiger partial charge on any atom is -0.488 e. The lowest BCUT2D eigenvalue weighted by Crippen LogP contribution is -2.38. The number of H-pyrrole nitrogens is 2. The molecular weight excluding hydrogens is 1120 g/mol. The van der Waals surface area contributed by atoms with Crippen molar-refractivity contribution in [3.8, 4) is 40.2 Å². The number of carbonyl (C=O) groups is 2. The third-order valence-corrected chi connectivity index (χ3v) is 15.4. The van der Waals surface area contributed by atoms with Gasteiger partial charge in [-0.2, -0.15) is 5.26 Å². The maximum absolute atomic E-state index is 12.7. The Morgan fingerprint density at radius 3 is 1.54 bits per heavy atom. The molecule has 2 atom stereocenters. The molecule has 6 aromatic carbocycles. The number of hydrogen-bond acceptors (Lipinski definition) is 12. The van der Waals surface area contributed by atoms with Gasteiger partial charge in [0.15, 0.2) is 0 Å². The first-order chi connectivity index (χ1) is 41.3. The van der Waals surface area contributed by atoms with Gasteiger partial charge in [0.25, 0.3) is 0 Å². The highest BCUT2D eigenvalue weighted by Crippen LogP contribution is 2.38. The molecular formula is C67H60Cl2N8O8. The molecule has 0 fully saturated rings. The molecule has 4 aromatic heterocycles. The van der Waals surface area contributed by atoms with Gasteiger partial charge in [-0.3, -0.25) is 35.2 Å². The number of nitriles is 1. The number of nitrogens with one attached hydrogen (secondary N) is 4. The van der Waals surface area contributed by atoms with Crippen molar-refractivity contribution in [1.29, 1.82) is 5.26 Å². The van der Waals surface area contributed by atoms with Crippen LogP contribution in [-0.2, 0) is 61.9 Å². The monoisotopic (exact) mass is 1170 g/mol. The number of nitrogens with zero attached hydrogens (tertiary/aromatic N) is 4. The van der Waals surface area contributed by atoms with Crippen LogP contribution in [-0.4, -0.2) is 67.4 Å². The molecule has 430 valence electrons. The molecule has 16 nitrogen and oxygen atoms in total. The van der Waals surface area contributed by atoms with E-state index < -0.39 is 24.0 Å². The van der Waals surface area contributed by atoms with E-state index in [1.807, 2.05) is 105 Å². The Labute approximate surface area is 501 Å². The Kier molecular flexibility index (Phi) is 18.8. The lowest BCUT2D eigenvalue weighted by Gasteiger charge is -2.20. The zero-order valence-electron chi connectivity index (χ0n) is 46.8. The highest BCUT2D eigenvalue weighted by molar-refractivity contribution is 6.32. The molecule has 0 aliphatic heterocycles.